The van der Waals surface area contributed by atoms with Gasteiger partial charge in [0, 0.05) is 26.2 Å². The van der Waals surface area contributed by atoms with Crippen molar-refractivity contribution in [1.29, 1.82) is 0 Å². The number of carbonyl (C=O) groups excluding carboxylic acids is 1. The number of hydrogen-bond donors (Lipinski definition) is 2. The molecule has 1 aliphatic rings. The number of rotatable bonds is 3. The first-order valence-corrected chi connectivity index (χ1v) is 7.32. The van der Waals surface area contributed by atoms with E-state index in [-0.39, 0.29) is 5.91 Å². The lowest BCUT2D eigenvalue weighted by Crippen LogP contribution is -2.58. The number of piperazine rings is 1. The number of halogens is 1. The Hall–Kier alpha value is -1.10. The van der Waals surface area contributed by atoms with E-state index < -0.39 is 5.54 Å². The molecule has 5 heteroatoms. The van der Waals surface area contributed by atoms with Gasteiger partial charge in [-0.15, -0.1) is 0 Å². The Morgan fingerprint density at radius 1 is 1.35 bits per heavy atom. The minimum Gasteiger partial charge on any atom is -0.323 e. The number of hydrogen-bond acceptors (Lipinski definition) is 3. The number of amides is 1. The zero-order chi connectivity index (χ0) is 14.8. The number of benzene rings is 1. The third-order valence-corrected chi connectivity index (χ3v) is 4.15. The van der Waals surface area contributed by atoms with Crippen LogP contribution in [0.5, 0.6) is 0 Å². The smallest absolute Gasteiger partial charge is 0.244 e. The molecule has 0 atom stereocenters. The Morgan fingerprint density at radius 3 is 2.60 bits per heavy atom. The van der Waals surface area contributed by atoms with Crippen LogP contribution in [0, 0.1) is 6.92 Å². The number of nitrogens with one attached hydrogen (secondary N) is 2. The van der Waals surface area contributed by atoms with Gasteiger partial charge in [0.1, 0.15) is 0 Å². The maximum atomic E-state index is 12.5. The molecule has 2 N–H and O–H groups in total. The van der Waals surface area contributed by atoms with Crippen molar-refractivity contribution in [3.8, 4) is 0 Å². The van der Waals surface area contributed by atoms with Crippen molar-refractivity contribution >= 4 is 23.2 Å². The van der Waals surface area contributed by atoms with Crippen molar-refractivity contribution < 1.29 is 4.79 Å². The molecule has 0 unspecified atom stereocenters. The molecule has 0 spiro atoms. The van der Waals surface area contributed by atoms with Crippen LogP contribution in [0.2, 0.25) is 5.02 Å². The van der Waals surface area contributed by atoms with Crippen LogP contribution in [0.3, 0.4) is 0 Å². The lowest BCUT2D eigenvalue weighted by molar-refractivity contribution is -0.126. The molecule has 20 heavy (non-hydrogen) atoms. The second-order valence-corrected chi connectivity index (χ2v) is 6.14. The predicted molar refractivity (Wildman–Crippen MR) is 83.3 cm³/mol. The highest BCUT2D eigenvalue weighted by molar-refractivity contribution is 6.33. The zero-order valence-corrected chi connectivity index (χ0v) is 13.0. The summed E-state index contributed by atoms with van der Waals surface area (Å²) >= 11 is 6.17. The highest BCUT2D eigenvalue weighted by Crippen LogP contribution is 2.25. The molecule has 0 saturated carbocycles. The molecule has 0 aromatic heterocycles. The molecule has 4 nitrogen and oxygen atoms in total. The van der Waals surface area contributed by atoms with E-state index in [1.165, 1.54) is 0 Å². The Balaban J connectivity index is 2.09. The summed E-state index contributed by atoms with van der Waals surface area (Å²) in [5, 5.41) is 6.82. The summed E-state index contributed by atoms with van der Waals surface area (Å²) in [6.07, 6.45) is 0. The zero-order valence-electron chi connectivity index (χ0n) is 12.3. The number of carbonyl (C=O) groups is 1. The third-order valence-electron chi connectivity index (χ3n) is 3.84. The molecule has 2 rings (SSSR count). The van der Waals surface area contributed by atoms with E-state index in [0.717, 1.165) is 31.7 Å². The molecule has 0 bridgehead atoms. The van der Waals surface area contributed by atoms with Crippen LogP contribution in [0.25, 0.3) is 0 Å². The van der Waals surface area contributed by atoms with Crippen molar-refractivity contribution in [1.82, 2.24) is 10.2 Å². The number of aryl methyl sites for hydroxylation is 1. The van der Waals surface area contributed by atoms with Crippen molar-refractivity contribution in [3.63, 3.8) is 0 Å². The largest absolute Gasteiger partial charge is 0.323 e. The fraction of sp³-hybridized carbons (Fsp3) is 0.533. The lowest BCUT2D eigenvalue weighted by atomic mass is 10.00. The van der Waals surface area contributed by atoms with Gasteiger partial charge in [0.05, 0.1) is 16.2 Å². The van der Waals surface area contributed by atoms with E-state index in [1.807, 2.05) is 39.0 Å². The lowest BCUT2D eigenvalue weighted by Gasteiger charge is -2.39. The van der Waals surface area contributed by atoms with E-state index in [2.05, 4.69) is 15.5 Å². The first-order valence-electron chi connectivity index (χ1n) is 6.94. The Kier molecular flexibility index (Phi) is 4.68. The third kappa shape index (κ3) is 3.32. The summed E-state index contributed by atoms with van der Waals surface area (Å²) in [4.78, 5) is 14.7. The average molecular weight is 296 g/mol. The SMILES string of the molecule is Cc1ccc(NC(=O)C(C)(C)N2CCNCC2)c(Cl)c1. The van der Waals surface area contributed by atoms with Gasteiger partial charge >= 0.3 is 0 Å². The first kappa shape index (κ1) is 15.3. The minimum absolute atomic E-state index is 0.0230. The van der Waals surface area contributed by atoms with E-state index in [0.29, 0.717) is 10.7 Å². The van der Waals surface area contributed by atoms with Crippen LogP contribution in [0.4, 0.5) is 5.69 Å². The maximum Gasteiger partial charge on any atom is 0.244 e. The molecule has 0 aliphatic carbocycles. The first-order chi connectivity index (χ1) is 9.41. The van der Waals surface area contributed by atoms with Gasteiger partial charge in [-0.05, 0) is 38.5 Å². The monoisotopic (exact) mass is 295 g/mol. The van der Waals surface area contributed by atoms with E-state index in [1.54, 1.807) is 0 Å². The Labute approximate surface area is 125 Å². The Morgan fingerprint density at radius 2 is 2.00 bits per heavy atom. The Bertz CT molecular complexity index is 496. The molecule has 0 radical (unpaired) electrons. The normalized spacial score (nSPS) is 17.0. The molecule has 1 aliphatic heterocycles. The van der Waals surface area contributed by atoms with Crippen molar-refractivity contribution in [2.75, 3.05) is 31.5 Å². The van der Waals surface area contributed by atoms with Gasteiger partial charge in [-0.1, -0.05) is 17.7 Å². The van der Waals surface area contributed by atoms with Crippen LogP contribution < -0.4 is 10.6 Å². The quantitative estimate of drug-likeness (QED) is 0.899. The van der Waals surface area contributed by atoms with Gasteiger partial charge in [-0.25, -0.2) is 0 Å². The van der Waals surface area contributed by atoms with Crippen molar-refractivity contribution in [3.05, 3.63) is 28.8 Å². The van der Waals surface area contributed by atoms with Gasteiger partial charge < -0.3 is 10.6 Å². The van der Waals surface area contributed by atoms with Crippen LogP contribution in [-0.2, 0) is 4.79 Å². The molecule has 1 saturated heterocycles. The summed E-state index contributed by atoms with van der Waals surface area (Å²) in [5.74, 6) is -0.0230. The van der Waals surface area contributed by atoms with Crippen LogP contribution in [0.1, 0.15) is 19.4 Å². The van der Waals surface area contributed by atoms with E-state index in [9.17, 15) is 4.79 Å². The molecule has 110 valence electrons. The van der Waals surface area contributed by atoms with Gasteiger partial charge in [-0.3, -0.25) is 9.69 Å². The van der Waals surface area contributed by atoms with Crippen LogP contribution in [-0.4, -0.2) is 42.5 Å². The summed E-state index contributed by atoms with van der Waals surface area (Å²) in [5.41, 5.74) is 1.20. The highest BCUT2D eigenvalue weighted by Gasteiger charge is 2.35. The van der Waals surface area contributed by atoms with Gasteiger partial charge in [0.2, 0.25) is 5.91 Å². The molecule has 1 amide bonds. The summed E-state index contributed by atoms with van der Waals surface area (Å²) < 4.78 is 0. The van der Waals surface area contributed by atoms with E-state index in [4.69, 9.17) is 11.6 Å². The average Bonchev–Trinajstić information content (AvgIpc) is 2.42. The van der Waals surface area contributed by atoms with Crippen molar-refractivity contribution in [2.45, 2.75) is 26.3 Å². The second kappa shape index (κ2) is 6.12. The number of anilines is 1. The topological polar surface area (TPSA) is 44.4 Å². The van der Waals surface area contributed by atoms with Crippen LogP contribution in [0.15, 0.2) is 18.2 Å². The molecular formula is C15H22ClN3O. The summed E-state index contributed by atoms with van der Waals surface area (Å²) in [7, 11) is 0. The van der Waals surface area contributed by atoms with Gasteiger partial charge in [-0.2, -0.15) is 0 Å². The molecule has 1 aromatic rings. The standard InChI is InChI=1S/C15H22ClN3O/c1-11-4-5-13(12(16)10-11)18-14(20)15(2,3)19-8-6-17-7-9-19/h4-5,10,17H,6-9H2,1-3H3,(H,18,20). The summed E-state index contributed by atoms with van der Waals surface area (Å²) in [6.45, 7) is 9.47. The highest BCUT2D eigenvalue weighted by atomic mass is 35.5. The predicted octanol–water partition coefficient (Wildman–Crippen LogP) is 2.27. The summed E-state index contributed by atoms with van der Waals surface area (Å²) in [6, 6.07) is 5.65. The van der Waals surface area contributed by atoms with Crippen molar-refractivity contribution in [2.24, 2.45) is 0 Å². The fourth-order valence-corrected chi connectivity index (χ4v) is 2.65. The molecule has 1 fully saturated rings. The number of nitrogens with zero attached hydrogens (tertiary/aromatic N) is 1. The van der Waals surface area contributed by atoms with E-state index >= 15 is 0 Å². The maximum absolute atomic E-state index is 12.5. The van der Waals surface area contributed by atoms with Gasteiger partial charge in [0.15, 0.2) is 0 Å². The molecule has 1 aromatic carbocycles. The fourth-order valence-electron chi connectivity index (χ4n) is 2.36. The second-order valence-electron chi connectivity index (χ2n) is 5.73. The molecule has 1 heterocycles. The molecular weight excluding hydrogens is 274 g/mol. The van der Waals surface area contributed by atoms with Crippen LogP contribution >= 0.6 is 11.6 Å². The van der Waals surface area contributed by atoms with Gasteiger partial charge in [0.25, 0.3) is 0 Å². The minimum atomic E-state index is -0.545.